The molecule has 0 saturated heterocycles. The summed E-state index contributed by atoms with van der Waals surface area (Å²) in [6.45, 7) is 2.76. The first kappa shape index (κ1) is 18.6. The third kappa shape index (κ3) is 3.42. The van der Waals surface area contributed by atoms with Gasteiger partial charge >= 0.3 is 0 Å². The number of hydrogen-bond donors (Lipinski definition) is 2. The second kappa shape index (κ2) is 7.22. The molecule has 0 aliphatic carbocycles. The Morgan fingerprint density at radius 2 is 1.96 bits per heavy atom. The van der Waals surface area contributed by atoms with E-state index < -0.39 is 23.4 Å². The first-order valence-corrected chi connectivity index (χ1v) is 8.57. The van der Waals surface area contributed by atoms with E-state index in [-0.39, 0.29) is 23.6 Å². The van der Waals surface area contributed by atoms with Crippen LogP contribution in [0.4, 0.5) is 4.39 Å². The van der Waals surface area contributed by atoms with Crippen molar-refractivity contribution in [2.75, 3.05) is 20.1 Å². The van der Waals surface area contributed by atoms with Crippen LogP contribution in [-0.2, 0) is 13.0 Å². The molecule has 142 valence electrons. The van der Waals surface area contributed by atoms with E-state index in [1.165, 1.54) is 21.9 Å². The Kier molecular flexibility index (Phi) is 4.98. The number of carbonyl (C=O) groups is 2. The maximum absolute atomic E-state index is 13.1. The summed E-state index contributed by atoms with van der Waals surface area (Å²) >= 11 is 0. The van der Waals surface area contributed by atoms with Crippen molar-refractivity contribution in [1.82, 2.24) is 14.8 Å². The zero-order valence-corrected chi connectivity index (χ0v) is 15.1. The maximum atomic E-state index is 13.1. The normalized spacial score (nSPS) is 13.4. The van der Waals surface area contributed by atoms with Gasteiger partial charge in [0.2, 0.25) is 0 Å². The van der Waals surface area contributed by atoms with Crippen LogP contribution in [0, 0.1) is 5.82 Å². The van der Waals surface area contributed by atoms with Crippen molar-refractivity contribution in [1.29, 1.82) is 0 Å². The number of amides is 2. The number of aromatic nitrogens is 1. The van der Waals surface area contributed by atoms with Gasteiger partial charge < -0.3 is 20.0 Å². The Morgan fingerprint density at radius 3 is 2.59 bits per heavy atom. The van der Waals surface area contributed by atoms with Gasteiger partial charge in [-0.05, 0) is 31.0 Å². The van der Waals surface area contributed by atoms with E-state index in [2.05, 4.69) is 4.98 Å². The van der Waals surface area contributed by atoms with Crippen LogP contribution in [0.1, 0.15) is 38.9 Å². The molecule has 0 spiro atoms. The number of pyridine rings is 1. The highest BCUT2D eigenvalue weighted by Gasteiger charge is 2.34. The second-order valence-electron chi connectivity index (χ2n) is 6.41. The lowest BCUT2D eigenvalue weighted by molar-refractivity contribution is 0.0719. The summed E-state index contributed by atoms with van der Waals surface area (Å²) in [6, 6.07) is 5.77. The number of benzene rings is 1. The van der Waals surface area contributed by atoms with Crippen molar-refractivity contribution < 1.29 is 24.2 Å². The van der Waals surface area contributed by atoms with Crippen molar-refractivity contribution >= 4 is 11.8 Å². The van der Waals surface area contributed by atoms with Crippen LogP contribution in [0.5, 0.6) is 11.6 Å². The first-order valence-electron chi connectivity index (χ1n) is 8.57. The molecule has 2 heterocycles. The van der Waals surface area contributed by atoms with Crippen molar-refractivity contribution in [3.8, 4) is 11.6 Å². The molecule has 1 aliphatic rings. The lowest BCUT2D eigenvalue weighted by Gasteiger charge is -2.30. The molecule has 1 aromatic heterocycles. The van der Waals surface area contributed by atoms with Crippen LogP contribution < -0.4 is 0 Å². The van der Waals surface area contributed by atoms with Crippen molar-refractivity contribution in [2.24, 2.45) is 0 Å². The average Bonchev–Trinajstić information content (AvgIpc) is 2.66. The monoisotopic (exact) mass is 373 g/mol. The topological polar surface area (TPSA) is 94.0 Å². The standard InChI is InChI=1S/C19H20FN3O4/c1-3-22(2)19(27)15-13-8-9-23(10-11-4-6-12(20)7-5-11)18(26)14(13)16(24)17(25)21-15/h4-7,24H,3,8-10H2,1-2H3,(H,21,25). The predicted molar refractivity (Wildman–Crippen MR) is 95.0 cm³/mol. The summed E-state index contributed by atoms with van der Waals surface area (Å²) in [5.41, 5.74) is 0.923. The van der Waals surface area contributed by atoms with Gasteiger partial charge in [-0.1, -0.05) is 12.1 Å². The fourth-order valence-electron chi connectivity index (χ4n) is 3.04. The number of halogens is 1. The molecule has 0 bridgehead atoms. The number of aromatic hydroxyl groups is 2. The van der Waals surface area contributed by atoms with E-state index in [9.17, 15) is 24.2 Å². The SMILES string of the molecule is CCN(C)C(=O)c1nc(O)c(O)c2c1CCN(Cc1ccc(F)cc1)C2=O. The number of fused-ring (bicyclic) bond motifs is 1. The second-order valence-corrected chi connectivity index (χ2v) is 6.41. The third-order valence-electron chi connectivity index (χ3n) is 4.70. The van der Waals surface area contributed by atoms with Crippen molar-refractivity contribution in [2.45, 2.75) is 19.9 Å². The van der Waals surface area contributed by atoms with Crippen LogP contribution in [0.3, 0.4) is 0 Å². The Labute approximate surface area is 155 Å². The Balaban J connectivity index is 1.98. The first-order chi connectivity index (χ1) is 12.8. The van der Waals surface area contributed by atoms with Crippen LogP contribution in [0.2, 0.25) is 0 Å². The van der Waals surface area contributed by atoms with Crippen LogP contribution in [-0.4, -0.2) is 56.9 Å². The van der Waals surface area contributed by atoms with Gasteiger partial charge in [-0.15, -0.1) is 0 Å². The average molecular weight is 373 g/mol. The fraction of sp³-hybridized carbons (Fsp3) is 0.316. The molecule has 1 aliphatic heterocycles. The molecule has 0 radical (unpaired) electrons. The minimum absolute atomic E-state index is 0.0283. The lowest BCUT2D eigenvalue weighted by Crippen LogP contribution is -2.39. The lowest BCUT2D eigenvalue weighted by atomic mass is 9.95. The zero-order valence-electron chi connectivity index (χ0n) is 15.1. The molecule has 2 aromatic rings. The van der Waals surface area contributed by atoms with Crippen molar-refractivity contribution in [3.63, 3.8) is 0 Å². The van der Waals surface area contributed by atoms with E-state index in [1.807, 2.05) is 0 Å². The predicted octanol–water partition coefficient (Wildman–Crippen LogP) is 1.92. The Morgan fingerprint density at radius 1 is 1.30 bits per heavy atom. The van der Waals surface area contributed by atoms with Gasteiger partial charge in [-0.3, -0.25) is 9.59 Å². The fourth-order valence-corrected chi connectivity index (χ4v) is 3.04. The zero-order chi connectivity index (χ0) is 19.7. The van der Waals surface area contributed by atoms with Crippen LogP contribution >= 0.6 is 0 Å². The van der Waals surface area contributed by atoms with Crippen molar-refractivity contribution in [3.05, 3.63) is 52.5 Å². The van der Waals surface area contributed by atoms with Gasteiger partial charge in [0, 0.05) is 32.2 Å². The summed E-state index contributed by atoms with van der Waals surface area (Å²) in [6.07, 6.45) is 0.307. The summed E-state index contributed by atoms with van der Waals surface area (Å²) in [5.74, 6) is -2.69. The molecule has 3 rings (SSSR count). The molecule has 0 atom stereocenters. The molecule has 2 N–H and O–H groups in total. The highest BCUT2D eigenvalue weighted by atomic mass is 19.1. The molecule has 0 fully saturated rings. The summed E-state index contributed by atoms with van der Waals surface area (Å²) in [5, 5.41) is 20.1. The molecular weight excluding hydrogens is 353 g/mol. The molecule has 2 amide bonds. The molecule has 8 heteroatoms. The largest absolute Gasteiger partial charge is 0.503 e. The summed E-state index contributed by atoms with van der Waals surface area (Å²) in [7, 11) is 1.59. The van der Waals surface area contributed by atoms with E-state index in [4.69, 9.17) is 0 Å². The van der Waals surface area contributed by atoms with Crippen LogP contribution in [0.15, 0.2) is 24.3 Å². The molecule has 0 saturated carbocycles. The quantitative estimate of drug-likeness (QED) is 0.854. The minimum Gasteiger partial charge on any atom is -0.503 e. The van der Waals surface area contributed by atoms with E-state index in [0.717, 1.165) is 5.56 Å². The van der Waals surface area contributed by atoms with E-state index >= 15 is 0 Å². The van der Waals surface area contributed by atoms with Gasteiger partial charge in [0.1, 0.15) is 11.5 Å². The number of rotatable bonds is 4. The van der Waals surface area contributed by atoms with Gasteiger partial charge in [0.25, 0.3) is 17.7 Å². The van der Waals surface area contributed by atoms with E-state index in [1.54, 1.807) is 26.1 Å². The Hall–Kier alpha value is -3.16. The van der Waals surface area contributed by atoms with Gasteiger partial charge in [0.15, 0.2) is 5.75 Å². The number of carbonyl (C=O) groups excluding carboxylic acids is 2. The molecule has 0 unspecified atom stereocenters. The third-order valence-corrected chi connectivity index (χ3v) is 4.70. The van der Waals surface area contributed by atoms with Gasteiger partial charge in [-0.25, -0.2) is 9.37 Å². The molecule has 27 heavy (non-hydrogen) atoms. The summed E-state index contributed by atoms with van der Waals surface area (Å²) < 4.78 is 13.1. The van der Waals surface area contributed by atoms with Gasteiger partial charge in [-0.2, -0.15) is 0 Å². The maximum Gasteiger partial charge on any atom is 0.272 e. The molecule has 1 aromatic carbocycles. The molecular formula is C19H20FN3O4. The van der Waals surface area contributed by atoms with Crippen LogP contribution in [0.25, 0.3) is 0 Å². The smallest absolute Gasteiger partial charge is 0.272 e. The number of hydrogen-bond acceptors (Lipinski definition) is 5. The summed E-state index contributed by atoms with van der Waals surface area (Å²) in [4.78, 5) is 32.1. The number of nitrogens with zero attached hydrogens (tertiary/aromatic N) is 3. The van der Waals surface area contributed by atoms with E-state index in [0.29, 0.717) is 25.1 Å². The van der Waals surface area contributed by atoms with Gasteiger partial charge in [0.05, 0.1) is 5.56 Å². The Bertz CT molecular complexity index is 899. The highest BCUT2D eigenvalue weighted by molar-refractivity contribution is 6.04. The molecule has 7 nitrogen and oxygen atoms in total. The highest BCUT2D eigenvalue weighted by Crippen LogP contribution is 2.35. The minimum atomic E-state index is -0.751.